The fourth-order valence-electron chi connectivity index (χ4n) is 2.31. The topological polar surface area (TPSA) is 89.0 Å². The Balaban J connectivity index is 2.04. The first-order valence-corrected chi connectivity index (χ1v) is 10.6. The van der Waals surface area contributed by atoms with Crippen molar-refractivity contribution in [2.75, 3.05) is 11.6 Å². The molecule has 0 radical (unpaired) electrons. The second-order valence-electron chi connectivity index (χ2n) is 5.68. The van der Waals surface area contributed by atoms with Crippen molar-refractivity contribution < 1.29 is 13.2 Å². The van der Waals surface area contributed by atoms with Crippen LogP contribution in [0.3, 0.4) is 0 Å². The van der Waals surface area contributed by atoms with E-state index in [4.69, 9.17) is 0 Å². The lowest BCUT2D eigenvalue weighted by Gasteiger charge is -2.06. The molecular formula is C16H21N3O3S2. The molecule has 0 atom stereocenters. The van der Waals surface area contributed by atoms with Gasteiger partial charge in [0.1, 0.15) is 5.01 Å². The fourth-order valence-corrected chi connectivity index (χ4v) is 4.12. The van der Waals surface area contributed by atoms with Crippen LogP contribution in [-0.4, -0.2) is 30.8 Å². The molecular weight excluding hydrogens is 346 g/mol. The third kappa shape index (κ3) is 5.10. The van der Waals surface area contributed by atoms with E-state index in [-0.39, 0.29) is 11.7 Å². The maximum atomic E-state index is 12.2. The third-order valence-electron chi connectivity index (χ3n) is 3.64. The van der Waals surface area contributed by atoms with Crippen LogP contribution in [0.25, 0.3) is 0 Å². The van der Waals surface area contributed by atoms with Gasteiger partial charge in [0.2, 0.25) is 5.13 Å². The van der Waals surface area contributed by atoms with Gasteiger partial charge in [0, 0.05) is 17.7 Å². The minimum Gasteiger partial charge on any atom is -0.296 e. The number of anilines is 1. The van der Waals surface area contributed by atoms with Gasteiger partial charge in [-0.3, -0.25) is 10.1 Å². The Bertz CT molecular complexity index is 794. The number of sulfone groups is 1. The average molecular weight is 367 g/mol. The first-order chi connectivity index (χ1) is 11.3. The summed E-state index contributed by atoms with van der Waals surface area (Å²) < 4.78 is 22.5. The molecule has 1 N–H and O–H groups in total. The van der Waals surface area contributed by atoms with Gasteiger partial charge in [0.15, 0.2) is 9.84 Å². The van der Waals surface area contributed by atoms with E-state index < -0.39 is 9.84 Å². The van der Waals surface area contributed by atoms with Crippen LogP contribution in [0, 0.1) is 0 Å². The molecule has 0 fully saturated rings. The average Bonchev–Trinajstić information content (AvgIpc) is 2.96. The molecule has 0 aliphatic rings. The summed E-state index contributed by atoms with van der Waals surface area (Å²) in [4.78, 5) is 12.2. The standard InChI is InChI=1S/C16H21N3O3S2/c1-4-12(5-2)15-18-19-16(23-15)17-14(20)13-8-6-11(7-9-13)10-24(3,21)22/h6-9,12H,4-5,10H2,1-3H3,(H,17,19,20). The lowest BCUT2D eigenvalue weighted by Crippen LogP contribution is -2.11. The number of benzene rings is 1. The largest absolute Gasteiger partial charge is 0.296 e. The zero-order valence-electron chi connectivity index (χ0n) is 13.9. The quantitative estimate of drug-likeness (QED) is 0.811. The highest BCUT2D eigenvalue weighted by Crippen LogP contribution is 2.28. The van der Waals surface area contributed by atoms with Gasteiger partial charge in [-0.2, -0.15) is 0 Å². The van der Waals surface area contributed by atoms with Gasteiger partial charge in [-0.05, 0) is 30.5 Å². The van der Waals surface area contributed by atoms with Gasteiger partial charge in [0.25, 0.3) is 5.91 Å². The van der Waals surface area contributed by atoms with Crippen molar-refractivity contribution in [1.29, 1.82) is 0 Å². The second kappa shape index (κ2) is 7.85. The molecule has 1 amide bonds. The molecule has 0 unspecified atom stereocenters. The van der Waals surface area contributed by atoms with Crippen LogP contribution in [0.15, 0.2) is 24.3 Å². The normalized spacial score (nSPS) is 11.7. The van der Waals surface area contributed by atoms with E-state index in [0.29, 0.717) is 22.2 Å². The van der Waals surface area contributed by atoms with Crippen molar-refractivity contribution >= 4 is 32.2 Å². The van der Waals surface area contributed by atoms with Gasteiger partial charge in [0.05, 0.1) is 5.75 Å². The molecule has 8 heteroatoms. The zero-order chi connectivity index (χ0) is 17.7. The van der Waals surface area contributed by atoms with Crippen molar-refractivity contribution in [3.63, 3.8) is 0 Å². The minimum absolute atomic E-state index is 0.0376. The maximum absolute atomic E-state index is 12.2. The van der Waals surface area contributed by atoms with E-state index in [1.165, 1.54) is 17.6 Å². The number of carbonyl (C=O) groups excluding carboxylic acids is 1. The predicted molar refractivity (Wildman–Crippen MR) is 96.2 cm³/mol. The molecule has 0 aliphatic heterocycles. The van der Waals surface area contributed by atoms with Crippen LogP contribution in [-0.2, 0) is 15.6 Å². The lowest BCUT2D eigenvalue weighted by atomic mass is 10.1. The number of carbonyl (C=O) groups is 1. The van der Waals surface area contributed by atoms with Crippen LogP contribution in [0.2, 0.25) is 0 Å². The third-order valence-corrected chi connectivity index (χ3v) is 5.50. The molecule has 2 rings (SSSR count). The lowest BCUT2D eigenvalue weighted by molar-refractivity contribution is 0.102. The van der Waals surface area contributed by atoms with Crippen LogP contribution in [0.5, 0.6) is 0 Å². The van der Waals surface area contributed by atoms with E-state index in [9.17, 15) is 13.2 Å². The Hall–Kier alpha value is -1.80. The highest BCUT2D eigenvalue weighted by Gasteiger charge is 2.15. The summed E-state index contributed by atoms with van der Waals surface area (Å²) >= 11 is 1.39. The first-order valence-electron chi connectivity index (χ1n) is 7.73. The molecule has 2 aromatic rings. The number of nitrogens with zero attached hydrogens (tertiary/aromatic N) is 2. The Morgan fingerprint density at radius 3 is 2.33 bits per heavy atom. The van der Waals surface area contributed by atoms with Gasteiger partial charge in [-0.15, -0.1) is 10.2 Å². The van der Waals surface area contributed by atoms with E-state index in [1.54, 1.807) is 24.3 Å². The monoisotopic (exact) mass is 367 g/mol. The number of nitrogens with one attached hydrogen (secondary N) is 1. The molecule has 1 heterocycles. The minimum atomic E-state index is -3.09. The number of hydrogen-bond donors (Lipinski definition) is 1. The molecule has 0 aliphatic carbocycles. The van der Waals surface area contributed by atoms with Crippen molar-refractivity contribution in [2.45, 2.75) is 38.4 Å². The molecule has 0 bridgehead atoms. The summed E-state index contributed by atoms with van der Waals surface area (Å²) in [5.74, 6) is 0.0426. The Morgan fingerprint density at radius 2 is 1.79 bits per heavy atom. The Kier molecular flexibility index (Phi) is 6.06. The molecule has 130 valence electrons. The molecule has 1 aromatic heterocycles. The summed E-state index contributed by atoms with van der Waals surface area (Å²) in [5.41, 5.74) is 1.10. The molecule has 1 aromatic carbocycles. The van der Waals surface area contributed by atoms with Crippen LogP contribution in [0.4, 0.5) is 5.13 Å². The van der Waals surface area contributed by atoms with Gasteiger partial charge in [-0.25, -0.2) is 8.42 Å². The summed E-state index contributed by atoms with van der Waals surface area (Å²) in [5, 5.41) is 12.3. The molecule has 6 nitrogen and oxygen atoms in total. The summed E-state index contributed by atoms with van der Waals surface area (Å²) in [6.45, 7) is 4.21. The van der Waals surface area contributed by atoms with E-state index >= 15 is 0 Å². The van der Waals surface area contributed by atoms with Gasteiger partial charge >= 0.3 is 0 Å². The number of aromatic nitrogens is 2. The van der Waals surface area contributed by atoms with Crippen molar-refractivity contribution in [2.24, 2.45) is 0 Å². The van der Waals surface area contributed by atoms with Crippen LogP contribution >= 0.6 is 11.3 Å². The summed E-state index contributed by atoms with van der Waals surface area (Å²) in [6, 6.07) is 6.51. The Labute approximate surface area is 146 Å². The van der Waals surface area contributed by atoms with Crippen LogP contribution < -0.4 is 5.32 Å². The van der Waals surface area contributed by atoms with E-state index in [2.05, 4.69) is 29.4 Å². The summed E-state index contributed by atoms with van der Waals surface area (Å²) in [7, 11) is -3.09. The van der Waals surface area contributed by atoms with Crippen molar-refractivity contribution in [3.8, 4) is 0 Å². The van der Waals surface area contributed by atoms with Crippen molar-refractivity contribution in [3.05, 3.63) is 40.4 Å². The zero-order valence-corrected chi connectivity index (χ0v) is 15.6. The SMILES string of the molecule is CCC(CC)c1nnc(NC(=O)c2ccc(CS(C)(=O)=O)cc2)s1. The molecule has 0 spiro atoms. The highest BCUT2D eigenvalue weighted by molar-refractivity contribution is 7.89. The number of rotatable bonds is 7. The van der Waals surface area contributed by atoms with Gasteiger partial charge < -0.3 is 0 Å². The smallest absolute Gasteiger partial charge is 0.257 e. The van der Waals surface area contributed by atoms with E-state index in [0.717, 1.165) is 17.8 Å². The van der Waals surface area contributed by atoms with Gasteiger partial charge in [-0.1, -0.05) is 37.3 Å². The fraction of sp³-hybridized carbons (Fsp3) is 0.438. The Morgan fingerprint density at radius 1 is 1.17 bits per heavy atom. The van der Waals surface area contributed by atoms with Crippen molar-refractivity contribution in [1.82, 2.24) is 10.2 Å². The second-order valence-corrected chi connectivity index (χ2v) is 8.83. The molecule has 0 saturated heterocycles. The van der Waals surface area contributed by atoms with E-state index in [1.807, 2.05) is 0 Å². The predicted octanol–water partition coefficient (Wildman–Crippen LogP) is 3.24. The number of hydrogen-bond acceptors (Lipinski definition) is 6. The molecule has 24 heavy (non-hydrogen) atoms. The molecule has 0 saturated carbocycles. The first kappa shape index (κ1) is 18.5. The number of amides is 1. The highest BCUT2D eigenvalue weighted by atomic mass is 32.2. The summed E-state index contributed by atoms with van der Waals surface area (Å²) in [6.07, 6.45) is 3.16. The maximum Gasteiger partial charge on any atom is 0.257 e. The van der Waals surface area contributed by atoms with Crippen LogP contribution in [0.1, 0.15) is 53.5 Å².